The first-order chi connectivity index (χ1) is 42.0. The molecule has 0 spiro atoms. The monoisotopic (exact) mass is 1190 g/mol. The van der Waals surface area contributed by atoms with Gasteiger partial charge in [0.1, 0.15) is 17.6 Å². The molecule has 9 rings (SSSR count). The van der Waals surface area contributed by atoms with Crippen molar-refractivity contribution >= 4 is 40.1 Å². The number of hydrogen-bond acceptors (Lipinski definition) is 17. The molecule has 22 heteroatoms. The third-order valence-corrected chi connectivity index (χ3v) is 16.6. The lowest BCUT2D eigenvalue weighted by Crippen LogP contribution is -2.49. The van der Waals surface area contributed by atoms with Crippen LogP contribution in [0.15, 0.2) is 114 Å². The molecule has 3 aromatic heterocycles. The molecule has 8 N–H and O–H groups in total. The quantitative estimate of drug-likeness (QED) is 0.0157. The number of nitrogens with one attached hydrogen (secondary N) is 4. The van der Waals surface area contributed by atoms with E-state index in [-0.39, 0.29) is 65.2 Å². The van der Waals surface area contributed by atoms with Crippen molar-refractivity contribution in [2.45, 2.75) is 89.1 Å². The summed E-state index contributed by atoms with van der Waals surface area (Å²) in [7, 11) is 1.76. The van der Waals surface area contributed by atoms with Gasteiger partial charge in [-0.1, -0.05) is 98.8 Å². The Labute approximate surface area is 506 Å². The zero-order valence-electron chi connectivity index (χ0n) is 50.1. The van der Waals surface area contributed by atoms with Gasteiger partial charge >= 0.3 is 0 Å². The molecule has 464 valence electrons. The number of likely N-dealkylation sites (tertiary alicyclic amines) is 1. The maximum absolute atomic E-state index is 13.7. The lowest BCUT2D eigenvalue weighted by molar-refractivity contribution is -0.136. The van der Waals surface area contributed by atoms with Crippen LogP contribution in [0.3, 0.4) is 0 Å². The van der Waals surface area contributed by atoms with Crippen molar-refractivity contribution in [3.63, 3.8) is 0 Å². The third kappa shape index (κ3) is 16.6. The smallest absolute Gasteiger partial charge is 0.281 e. The number of amides is 3. The number of fused-ring (bicyclic) bond motifs is 1. The van der Waals surface area contributed by atoms with Gasteiger partial charge in [0.2, 0.25) is 17.7 Å². The number of carbonyl (C=O) groups excluding carboxylic acids is 3. The summed E-state index contributed by atoms with van der Waals surface area (Å²) in [6.45, 7) is 11.0. The summed E-state index contributed by atoms with van der Waals surface area (Å²) in [6, 6.07) is 26.0. The topological polar surface area (TPSA) is 286 Å². The fraction of sp³-hybridized carbons (Fsp3) is 0.462. The second-order valence-electron chi connectivity index (χ2n) is 23.0. The minimum Gasteiger partial charge on any atom is -0.504 e. The summed E-state index contributed by atoms with van der Waals surface area (Å²) in [5.41, 5.74) is 5.27. The van der Waals surface area contributed by atoms with Gasteiger partial charge in [0.15, 0.2) is 17.0 Å². The normalized spacial score (nSPS) is 17.6. The Morgan fingerprint density at radius 3 is 2.14 bits per heavy atom. The summed E-state index contributed by atoms with van der Waals surface area (Å²) in [5.74, 6) is -0.555. The zero-order valence-corrected chi connectivity index (χ0v) is 50.1. The number of phenols is 2. The van der Waals surface area contributed by atoms with Gasteiger partial charge in [0.05, 0.1) is 95.2 Å². The molecule has 3 aliphatic rings. The molecule has 3 amide bonds. The van der Waals surface area contributed by atoms with E-state index in [0.29, 0.717) is 140 Å². The van der Waals surface area contributed by atoms with E-state index in [4.69, 9.17) is 23.9 Å². The Hall–Kier alpha value is -7.83. The summed E-state index contributed by atoms with van der Waals surface area (Å²) >= 11 is 0. The molecule has 1 aliphatic heterocycles. The number of aliphatic hydroxyl groups is 2. The van der Waals surface area contributed by atoms with E-state index in [0.717, 1.165) is 33.4 Å². The molecule has 0 radical (unpaired) electrons. The highest BCUT2D eigenvalue weighted by Crippen LogP contribution is 2.52. The van der Waals surface area contributed by atoms with E-state index in [9.17, 15) is 39.6 Å². The average Bonchev–Trinajstić information content (AvgIpc) is 1.79. The van der Waals surface area contributed by atoms with Gasteiger partial charge in [-0.2, -0.15) is 5.10 Å². The average molecular weight is 1200 g/mol. The molecule has 2 aliphatic carbocycles. The maximum Gasteiger partial charge on any atom is 0.281 e. The molecule has 2 fully saturated rings. The Morgan fingerprint density at radius 2 is 1.47 bits per heavy atom. The van der Waals surface area contributed by atoms with Crippen LogP contribution in [0, 0.1) is 18.8 Å². The number of phenolic OH excluding ortho intramolecular Hbond substituents is 2. The molecule has 6 aromatic rings. The number of piperidine rings is 1. The van der Waals surface area contributed by atoms with Crippen molar-refractivity contribution in [2.24, 2.45) is 18.9 Å². The summed E-state index contributed by atoms with van der Waals surface area (Å²) in [4.78, 5) is 63.9. The van der Waals surface area contributed by atoms with Crippen molar-refractivity contribution < 1.29 is 53.8 Å². The fourth-order valence-electron chi connectivity index (χ4n) is 11.1. The number of benzene rings is 3. The SMILES string of the molecule is Cc1ccc(NC(O)C2(c3ccc(O)c(O)c3)CC2)nc1C1=CC(C(=O)NCCOCCOCCOCCOCCNC(=O)CNCc2ccc(-c3c4ncn(CC5(O)CCN(C(=O)C[C@@H](C)c6ccccc6)CC5)c(=O)c4nn3C)cc2)C(C)C=C1. The number of nitrogens with zero attached hydrogens (tertiary/aromatic N) is 6. The van der Waals surface area contributed by atoms with E-state index < -0.39 is 23.2 Å². The minimum atomic E-state index is -1.17. The van der Waals surface area contributed by atoms with Crippen LogP contribution in [-0.2, 0) is 58.9 Å². The lowest BCUT2D eigenvalue weighted by atomic mass is 9.85. The zero-order chi connectivity index (χ0) is 61.5. The molecule has 1 saturated carbocycles. The number of rotatable bonds is 31. The first-order valence-corrected chi connectivity index (χ1v) is 30.0. The Morgan fingerprint density at radius 1 is 0.805 bits per heavy atom. The van der Waals surface area contributed by atoms with Gasteiger partial charge in [-0.3, -0.25) is 28.4 Å². The van der Waals surface area contributed by atoms with Crippen LogP contribution in [0.2, 0.25) is 0 Å². The Kier molecular flexibility index (Phi) is 21.7. The van der Waals surface area contributed by atoms with Crippen molar-refractivity contribution in [3.05, 3.63) is 148 Å². The van der Waals surface area contributed by atoms with E-state index in [1.807, 2.05) is 99.7 Å². The van der Waals surface area contributed by atoms with Gasteiger partial charge in [0, 0.05) is 57.2 Å². The number of aromatic nitrogens is 5. The standard InChI is InChI=1S/C65H82N10O12/c1-43-10-14-49(57-44(2)11-19-54(70-57)71-63(82)65(20-21-65)50-17-18-52(76)53(77)38-50)37-51(43)61(80)68-25-29-85-31-33-87-35-34-86-32-30-84-28-24-67-55(78)40-66-39-46-12-15-48(16-13-46)60-58-59(72-73(60)4)62(81)75(42-69-58)41-64(83)22-26-74(27-23-64)56(79)36-45(3)47-8-6-5-7-9-47/h5-19,37-38,42-43,45,51,63,66,76-77,82-83H,20-36,39-41H2,1-4H3,(H,67,78)(H,68,80)(H,70,71)/t43?,45-,51?,63?/m1/s1. The van der Waals surface area contributed by atoms with Crippen LogP contribution in [0.5, 0.6) is 11.5 Å². The van der Waals surface area contributed by atoms with Crippen LogP contribution >= 0.6 is 0 Å². The third-order valence-electron chi connectivity index (χ3n) is 16.6. The number of aryl methyl sites for hydroxylation is 2. The molecular formula is C65H82N10O12. The van der Waals surface area contributed by atoms with Crippen LogP contribution in [0.25, 0.3) is 27.9 Å². The number of aliphatic hydroxyl groups excluding tert-OH is 1. The number of allylic oxidation sites excluding steroid dienone is 3. The Bertz CT molecular complexity index is 3430. The van der Waals surface area contributed by atoms with E-state index in [1.165, 1.54) is 23.0 Å². The van der Waals surface area contributed by atoms with E-state index >= 15 is 0 Å². The van der Waals surface area contributed by atoms with Gasteiger partial charge < -0.3 is 65.5 Å². The molecule has 0 bridgehead atoms. The van der Waals surface area contributed by atoms with Crippen LogP contribution in [0.1, 0.15) is 79.8 Å². The summed E-state index contributed by atoms with van der Waals surface area (Å²) in [6.07, 6.45) is 8.89. The highest BCUT2D eigenvalue weighted by Gasteiger charge is 2.51. The van der Waals surface area contributed by atoms with Crippen molar-refractivity contribution in [1.29, 1.82) is 0 Å². The molecule has 4 heterocycles. The van der Waals surface area contributed by atoms with Gasteiger partial charge in [0.25, 0.3) is 5.56 Å². The van der Waals surface area contributed by atoms with Crippen molar-refractivity contribution in [3.8, 4) is 22.8 Å². The first-order valence-electron chi connectivity index (χ1n) is 30.0. The number of aromatic hydroxyl groups is 2. The van der Waals surface area contributed by atoms with Crippen LogP contribution in [0.4, 0.5) is 5.82 Å². The lowest BCUT2D eigenvalue weighted by Gasteiger charge is -2.38. The highest BCUT2D eigenvalue weighted by atomic mass is 16.6. The van der Waals surface area contributed by atoms with Gasteiger partial charge in [-0.05, 0) is 90.5 Å². The number of carbonyl (C=O) groups is 3. The van der Waals surface area contributed by atoms with Crippen molar-refractivity contribution in [1.82, 2.24) is 45.2 Å². The highest BCUT2D eigenvalue weighted by molar-refractivity contribution is 5.89. The molecule has 3 aromatic carbocycles. The van der Waals surface area contributed by atoms with E-state index in [2.05, 4.69) is 31.3 Å². The number of pyridine rings is 1. The van der Waals surface area contributed by atoms with Crippen LogP contribution < -0.4 is 26.8 Å². The molecule has 22 nitrogen and oxygen atoms in total. The number of hydrogen-bond donors (Lipinski definition) is 8. The molecule has 1 saturated heterocycles. The largest absolute Gasteiger partial charge is 0.504 e. The predicted octanol–water partition coefficient (Wildman–Crippen LogP) is 5.22. The molecular weight excluding hydrogens is 1110 g/mol. The van der Waals surface area contributed by atoms with E-state index in [1.54, 1.807) is 28.8 Å². The molecule has 3 unspecified atom stereocenters. The second kappa shape index (κ2) is 29.7. The number of ether oxygens (including phenoxy) is 4. The van der Waals surface area contributed by atoms with Crippen LogP contribution in [-0.4, -0.2) is 165 Å². The Balaban J connectivity index is 0.582. The summed E-state index contributed by atoms with van der Waals surface area (Å²) in [5, 5.41) is 59.3. The van der Waals surface area contributed by atoms with Gasteiger partial charge in [-0.15, -0.1) is 0 Å². The fourth-order valence-corrected chi connectivity index (χ4v) is 11.1. The minimum absolute atomic E-state index is 0.0360. The molecule has 87 heavy (non-hydrogen) atoms. The number of anilines is 1. The predicted molar refractivity (Wildman–Crippen MR) is 329 cm³/mol. The van der Waals surface area contributed by atoms with Gasteiger partial charge in [-0.25, -0.2) is 9.97 Å². The molecule has 4 atom stereocenters. The first kappa shape index (κ1) is 63.7. The summed E-state index contributed by atoms with van der Waals surface area (Å²) < 4.78 is 25.5. The van der Waals surface area contributed by atoms with Crippen molar-refractivity contribution in [2.75, 3.05) is 90.9 Å². The second-order valence-corrected chi connectivity index (χ2v) is 23.0. The maximum atomic E-state index is 13.7.